The summed E-state index contributed by atoms with van der Waals surface area (Å²) < 4.78 is 84.9. The van der Waals surface area contributed by atoms with Gasteiger partial charge < -0.3 is 9.15 Å². The van der Waals surface area contributed by atoms with Crippen LogP contribution in [0.25, 0.3) is 11.5 Å². The van der Waals surface area contributed by atoms with Crippen LogP contribution in [0.15, 0.2) is 47.0 Å². The molecule has 3 aromatic rings. The average Bonchev–Trinajstić information content (AvgIpc) is 3.33. The zero-order valence-corrected chi connectivity index (χ0v) is 20.1. The third-order valence-electron chi connectivity index (χ3n) is 5.29. The van der Waals surface area contributed by atoms with Crippen LogP contribution >= 0.6 is 0 Å². The van der Waals surface area contributed by atoms with Crippen molar-refractivity contribution in [2.45, 2.75) is 13.0 Å². The SMILES string of the molecule is COc1cccc(N(Cc2ccc(-c3nnc(C(F)F)o3)cn2)S(=O)(=O)N2CCS(=N)(=O)CC2)c1. The molecule has 3 heterocycles. The number of nitrogens with one attached hydrogen (secondary N) is 1. The van der Waals surface area contributed by atoms with E-state index >= 15 is 0 Å². The van der Waals surface area contributed by atoms with Crippen LogP contribution in [0.5, 0.6) is 5.75 Å². The molecule has 1 fully saturated rings. The molecule has 0 bridgehead atoms. The smallest absolute Gasteiger partial charge is 0.314 e. The molecule has 0 radical (unpaired) electrons. The maximum absolute atomic E-state index is 13.6. The molecule has 0 saturated carbocycles. The Balaban J connectivity index is 1.63. The van der Waals surface area contributed by atoms with Crippen LogP contribution in [0, 0.1) is 4.78 Å². The fourth-order valence-corrected chi connectivity index (χ4v) is 6.45. The molecule has 4 rings (SSSR count). The number of hydrogen-bond donors (Lipinski definition) is 1. The third-order valence-corrected chi connectivity index (χ3v) is 8.89. The second-order valence-electron chi connectivity index (χ2n) is 7.62. The maximum atomic E-state index is 13.6. The predicted molar refractivity (Wildman–Crippen MR) is 123 cm³/mol. The van der Waals surface area contributed by atoms with Crippen LogP contribution in [-0.4, -0.2) is 63.8 Å². The van der Waals surface area contributed by atoms with E-state index in [-0.39, 0.29) is 37.0 Å². The highest BCUT2D eigenvalue weighted by Gasteiger charge is 2.34. The van der Waals surface area contributed by atoms with Gasteiger partial charge in [0.15, 0.2) is 0 Å². The first kappa shape index (κ1) is 24.9. The second-order valence-corrected chi connectivity index (χ2v) is 11.9. The molecule has 1 aliphatic rings. The van der Waals surface area contributed by atoms with Crippen LogP contribution in [0.4, 0.5) is 14.5 Å². The van der Waals surface area contributed by atoms with E-state index in [0.717, 1.165) is 4.31 Å². The van der Waals surface area contributed by atoms with Crippen molar-refractivity contribution in [3.63, 3.8) is 0 Å². The zero-order valence-electron chi connectivity index (χ0n) is 18.5. The van der Waals surface area contributed by atoms with Gasteiger partial charge in [-0.1, -0.05) is 6.07 Å². The Morgan fingerprint density at radius 1 is 1.23 bits per heavy atom. The molecule has 0 atom stereocenters. The molecule has 1 aliphatic heterocycles. The zero-order chi connectivity index (χ0) is 25.2. The molecule has 188 valence electrons. The molecule has 2 aromatic heterocycles. The van der Waals surface area contributed by atoms with Crippen molar-refractivity contribution < 1.29 is 30.6 Å². The molecule has 15 heteroatoms. The average molecular weight is 529 g/mol. The van der Waals surface area contributed by atoms with Crippen LogP contribution in [0.2, 0.25) is 0 Å². The van der Waals surface area contributed by atoms with Gasteiger partial charge in [0.1, 0.15) is 5.75 Å². The van der Waals surface area contributed by atoms with Gasteiger partial charge in [0.2, 0.25) is 5.89 Å². The second kappa shape index (κ2) is 9.83. The lowest BCUT2D eigenvalue weighted by molar-refractivity contribution is 0.116. The van der Waals surface area contributed by atoms with Gasteiger partial charge in [-0.2, -0.15) is 21.5 Å². The van der Waals surface area contributed by atoms with E-state index < -0.39 is 32.3 Å². The number of aromatic nitrogens is 3. The topological polar surface area (TPSA) is 143 Å². The number of nitrogens with zero attached hydrogens (tertiary/aromatic N) is 5. The maximum Gasteiger partial charge on any atom is 0.314 e. The van der Waals surface area contributed by atoms with Crippen molar-refractivity contribution in [2.75, 3.05) is 36.0 Å². The Bertz CT molecular complexity index is 1380. The highest BCUT2D eigenvalue weighted by molar-refractivity contribution is 7.93. The van der Waals surface area contributed by atoms with Crippen LogP contribution in [0.3, 0.4) is 0 Å². The molecular formula is C20H22F2N6O5S2. The molecule has 0 unspecified atom stereocenters. The van der Waals surface area contributed by atoms with Crippen LogP contribution in [0.1, 0.15) is 18.0 Å². The van der Waals surface area contributed by atoms with Crippen LogP contribution < -0.4 is 9.04 Å². The molecule has 0 spiro atoms. The van der Waals surface area contributed by atoms with Gasteiger partial charge in [-0.3, -0.25) is 14.1 Å². The minimum atomic E-state index is -4.08. The standard InChI is InChI=1S/C20H22F2N6O5S2/c1-32-17-4-2-3-16(11-17)28(35(30,31)27-7-9-34(23,29)10-8-27)13-15-6-5-14(12-24-15)19-25-26-20(33-19)18(21)22/h2-6,11-12,18,23H,7-10,13H2,1H3. The number of ether oxygens (including phenoxy) is 1. The summed E-state index contributed by atoms with van der Waals surface area (Å²) in [6.45, 7) is -0.239. The third kappa shape index (κ3) is 5.57. The highest BCUT2D eigenvalue weighted by atomic mass is 32.2. The number of pyridine rings is 1. The van der Waals surface area contributed by atoms with E-state index in [1.165, 1.54) is 29.7 Å². The monoisotopic (exact) mass is 528 g/mol. The van der Waals surface area contributed by atoms with E-state index in [4.69, 9.17) is 13.9 Å². The molecule has 0 aliphatic carbocycles. The van der Waals surface area contributed by atoms with Crippen molar-refractivity contribution in [3.05, 3.63) is 54.2 Å². The lowest BCUT2D eigenvalue weighted by atomic mass is 10.2. The Labute approximate surface area is 200 Å². The molecule has 35 heavy (non-hydrogen) atoms. The van der Waals surface area contributed by atoms with E-state index in [2.05, 4.69) is 15.2 Å². The summed E-state index contributed by atoms with van der Waals surface area (Å²) in [5.41, 5.74) is 0.978. The summed E-state index contributed by atoms with van der Waals surface area (Å²) in [6, 6.07) is 9.53. The molecular weight excluding hydrogens is 506 g/mol. The molecule has 0 amide bonds. The van der Waals surface area contributed by atoms with Gasteiger partial charge in [-0.05, 0) is 24.3 Å². The van der Waals surface area contributed by atoms with Gasteiger partial charge >= 0.3 is 16.6 Å². The Morgan fingerprint density at radius 3 is 2.57 bits per heavy atom. The van der Waals surface area contributed by atoms with E-state index in [9.17, 15) is 21.4 Å². The minimum Gasteiger partial charge on any atom is -0.497 e. The number of anilines is 1. The number of benzene rings is 1. The predicted octanol–water partition coefficient (Wildman–Crippen LogP) is 2.69. The molecule has 1 saturated heterocycles. The molecule has 11 nitrogen and oxygen atoms in total. The lowest BCUT2D eigenvalue weighted by Crippen LogP contribution is -2.50. The summed E-state index contributed by atoms with van der Waals surface area (Å²) in [7, 11) is -5.41. The van der Waals surface area contributed by atoms with Crippen LogP contribution in [-0.2, 0) is 26.5 Å². The first-order valence-corrected chi connectivity index (χ1v) is 13.6. The molecule has 1 N–H and O–H groups in total. The quantitative estimate of drug-likeness (QED) is 0.470. The van der Waals surface area contributed by atoms with Gasteiger partial charge in [-0.25, -0.2) is 4.21 Å². The fourth-order valence-electron chi connectivity index (χ4n) is 3.39. The van der Waals surface area contributed by atoms with Crippen molar-refractivity contribution in [1.29, 1.82) is 4.78 Å². The number of alkyl halides is 2. The first-order valence-electron chi connectivity index (χ1n) is 10.3. The van der Waals surface area contributed by atoms with E-state index in [1.54, 1.807) is 24.3 Å². The fraction of sp³-hybridized carbons (Fsp3) is 0.350. The van der Waals surface area contributed by atoms with Gasteiger partial charge in [0, 0.05) is 46.6 Å². The van der Waals surface area contributed by atoms with Gasteiger partial charge in [-0.15, -0.1) is 10.2 Å². The number of rotatable bonds is 8. The number of methoxy groups -OCH3 is 1. The summed E-state index contributed by atoms with van der Waals surface area (Å²) in [5, 5.41) is 6.85. The lowest BCUT2D eigenvalue weighted by Gasteiger charge is -2.33. The number of halogens is 2. The largest absolute Gasteiger partial charge is 0.497 e. The van der Waals surface area contributed by atoms with Crippen molar-refractivity contribution in [2.24, 2.45) is 0 Å². The Kier molecular flexibility index (Phi) is 7.00. The summed E-state index contributed by atoms with van der Waals surface area (Å²) in [6.07, 6.45) is -1.58. The highest BCUT2D eigenvalue weighted by Crippen LogP contribution is 2.28. The summed E-state index contributed by atoms with van der Waals surface area (Å²) in [4.78, 5) is 4.25. The van der Waals surface area contributed by atoms with Gasteiger partial charge in [0.25, 0.3) is 5.89 Å². The van der Waals surface area contributed by atoms with E-state index in [1.807, 2.05) is 0 Å². The Morgan fingerprint density at radius 2 is 1.97 bits per heavy atom. The first-order chi connectivity index (χ1) is 16.6. The van der Waals surface area contributed by atoms with Crippen molar-refractivity contribution >= 4 is 25.6 Å². The van der Waals surface area contributed by atoms with Crippen molar-refractivity contribution in [1.82, 2.24) is 19.5 Å². The minimum absolute atomic E-state index is 0.0405. The normalized spacial score (nSPS) is 16.3. The number of hydrogen-bond acceptors (Lipinski definition) is 9. The molecule has 1 aromatic carbocycles. The summed E-state index contributed by atoms with van der Waals surface area (Å²) >= 11 is 0. The summed E-state index contributed by atoms with van der Waals surface area (Å²) in [5.74, 6) is -0.585. The van der Waals surface area contributed by atoms with Gasteiger partial charge in [0.05, 0.1) is 30.6 Å². The Hall–Kier alpha value is -3.17. The van der Waals surface area contributed by atoms with Crippen molar-refractivity contribution in [3.8, 4) is 17.2 Å². The van der Waals surface area contributed by atoms with E-state index in [0.29, 0.717) is 22.7 Å².